The molecule has 10 N–H and O–H groups in total. The summed E-state index contributed by atoms with van der Waals surface area (Å²) in [5.41, 5.74) is 4.21. The van der Waals surface area contributed by atoms with Crippen LogP contribution in [0.4, 0.5) is 5.82 Å². The number of phosphoric ester groups is 3. The molecule has 0 aromatic carbocycles. The summed E-state index contributed by atoms with van der Waals surface area (Å²) in [6, 6.07) is 0. The Bertz CT molecular complexity index is 1810. The number of aromatic nitrogens is 4. The molecule has 2 aromatic rings. The van der Waals surface area contributed by atoms with Gasteiger partial charge in [0, 0.05) is 37.6 Å². The van der Waals surface area contributed by atoms with Gasteiger partial charge >= 0.3 is 23.5 Å². The summed E-state index contributed by atoms with van der Waals surface area (Å²) in [4.78, 5) is 97.3. The molecule has 53 heavy (non-hydrogen) atoms. The monoisotopic (exact) mass is 837 g/mol. The Kier molecular flexibility index (Phi) is 15.4. The van der Waals surface area contributed by atoms with Gasteiger partial charge in [-0.15, -0.1) is 0 Å². The van der Waals surface area contributed by atoms with Gasteiger partial charge in [-0.3, -0.25) is 37.3 Å². The van der Waals surface area contributed by atoms with Crippen molar-refractivity contribution in [3.63, 3.8) is 0 Å². The first-order valence-electron chi connectivity index (χ1n) is 15.0. The summed E-state index contributed by atoms with van der Waals surface area (Å²) in [6.45, 7) is 1.34. The second kappa shape index (κ2) is 18.2. The van der Waals surface area contributed by atoms with Gasteiger partial charge in [0.15, 0.2) is 17.7 Å². The number of nitrogens with two attached hydrogens (primary N) is 1. The molecule has 0 spiro atoms. The van der Waals surface area contributed by atoms with E-state index in [2.05, 4.69) is 34.4 Å². The Hall–Kier alpha value is -2.77. The average molecular weight is 838 g/mol. The number of rotatable bonds is 20. The standard InChI is InChI=1S/C24H38N7O18P3S/c1-12(32)23(37)53-7-6-26-14(33)4-5-27-21(36)18(35)24(2,3)9-46-52(43,44)49-51(41,42)45-8-13-17(48-50(38,39)40)16(34)22(47-13)31-11-30-15-19(25)28-10-29-20(15)31/h10-11,13,16-18,22,34-35H,4-9H2,1-3H3,(H,26,33)(H,27,36)(H,41,42)(H,43,44)(H2,25,28,29)(H2,38,39,40)/t13-,16-,17-,18+,22-/m1/s1. The Labute approximate surface area is 303 Å². The molecule has 1 aliphatic rings. The van der Waals surface area contributed by atoms with Gasteiger partial charge < -0.3 is 50.9 Å². The molecule has 29 heteroatoms. The number of fused-ring (bicyclic) bond motifs is 1. The van der Waals surface area contributed by atoms with E-state index in [4.69, 9.17) is 19.5 Å². The van der Waals surface area contributed by atoms with Gasteiger partial charge in [0.1, 0.15) is 36.3 Å². The van der Waals surface area contributed by atoms with Crippen molar-refractivity contribution < 1.29 is 85.3 Å². The normalized spacial score (nSPS) is 22.1. The highest BCUT2D eigenvalue weighted by Gasteiger charge is 2.50. The fraction of sp³-hybridized carbons (Fsp3) is 0.625. The van der Waals surface area contributed by atoms with Crippen LogP contribution < -0.4 is 16.4 Å². The van der Waals surface area contributed by atoms with E-state index in [1.165, 1.54) is 13.8 Å². The van der Waals surface area contributed by atoms with Gasteiger partial charge in [-0.2, -0.15) is 4.31 Å². The van der Waals surface area contributed by atoms with Crippen LogP contribution in [0.15, 0.2) is 12.7 Å². The number of anilines is 1. The summed E-state index contributed by atoms with van der Waals surface area (Å²) in [7, 11) is -16.4. The fourth-order valence-electron chi connectivity index (χ4n) is 4.38. The van der Waals surface area contributed by atoms with E-state index in [0.717, 1.165) is 35.9 Å². The van der Waals surface area contributed by atoms with Crippen molar-refractivity contribution in [1.82, 2.24) is 30.2 Å². The number of carbonyl (C=O) groups is 4. The molecule has 0 aliphatic carbocycles. The zero-order valence-electron chi connectivity index (χ0n) is 28.0. The Morgan fingerprint density at radius 1 is 1.06 bits per heavy atom. The molecule has 0 radical (unpaired) electrons. The van der Waals surface area contributed by atoms with E-state index in [-0.39, 0.29) is 42.2 Å². The third kappa shape index (κ3) is 13.2. The van der Waals surface area contributed by atoms with E-state index >= 15 is 0 Å². The predicted molar refractivity (Wildman–Crippen MR) is 178 cm³/mol. The van der Waals surface area contributed by atoms with Crippen molar-refractivity contribution in [2.24, 2.45) is 5.41 Å². The zero-order chi connectivity index (χ0) is 39.9. The van der Waals surface area contributed by atoms with E-state index < -0.39 is 95.5 Å². The number of phosphoric acid groups is 3. The van der Waals surface area contributed by atoms with Gasteiger partial charge in [-0.05, 0) is 0 Å². The van der Waals surface area contributed by atoms with E-state index in [1.54, 1.807) is 0 Å². The highest BCUT2D eigenvalue weighted by Crippen LogP contribution is 2.61. The number of aliphatic hydroxyl groups excluding tert-OH is 2. The number of nitrogens with one attached hydrogen (secondary N) is 2. The largest absolute Gasteiger partial charge is 0.481 e. The minimum atomic E-state index is -5.58. The molecule has 25 nitrogen and oxygen atoms in total. The van der Waals surface area contributed by atoms with Crippen molar-refractivity contribution in [2.45, 2.75) is 57.8 Å². The summed E-state index contributed by atoms with van der Waals surface area (Å²) >= 11 is 0.729. The molecular formula is C24H38N7O18P3S. The van der Waals surface area contributed by atoms with E-state index in [9.17, 15) is 62.7 Å². The van der Waals surface area contributed by atoms with Gasteiger partial charge in [-0.1, -0.05) is 25.6 Å². The van der Waals surface area contributed by atoms with Gasteiger partial charge in [0.05, 0.1) is 19.5 Å². The van der Waals surface area contributed by atoms with Crippen LogP contribution in [0.1, 0.15) is 33.4 Å². The molecule has 7 atom stereocenters. The molecule has 3 rings (SSSR count). The molecule has 0 saturated carbocycles. The van der Waals surface area contributed by atoms with Crippen molar-refractivity contribution in [1.29, 1.82) is 0 Å². The van der Waals surface area contributed by atoms with Crippen molar-refractivity contribution >= 4 is 74.9 Å². The first-order valence-corrected chi connectivity index (χ1v) is 20.5. The van der Waals surface area contributed by atoms with Crippen LogP contribution in [-0.4, -0.2) is 128 Å². The lowest BCUT2D eigenvalue weighted by Gasteiger charge is -2.30. The highest BCUT2D eigenvalue weighted by atomic mass is 32.2. The number of hydrogen-bond donors (Lipinski definition) is 9. The first-order chi connectivity index (χ1) is 24.4. The summed E-state index contributed by atoms with van der Waals surface area (Å²) in [6.07, 6.45) is -7.04. The topological polar surface area (TPSA) is 381 Å². The highest BCUT2D eigenvalue weighted by molar-refractivity contribution is 8.15. The number of ketones is 1. The van der Waals surface area contributed by atoms with E-state index in [1.807, 2.05) is 0 Å². The molecule has 0 bridgehead atoms. The van der Waals surface area contributed by atoms with Crippen LogP contribution in [-0.2, 0) is 55.5 Å². The van der Waals surface area contributed by atoms with Gasteiger partial charge in [0.25, 0.3) is 5.12 Å². The fourth-order valence-corrected chi connectivity index (χ4v) is 7.80. The lowest BCUT2D eigenvalue weighted by molar-refractivity contribution is -0.137. The molecule has 2 unspecified atom stereocenters. The molecular weight excluding hydrogens is 799 g/mol. The van der Waals surface area contributed by atoms with Crippen LogP contribution in [0.5, 0.6) is 0 Å². The number of Topliss-reactive ketones (excluding diaryl/α,β-unsaturated/α-hetero) is 1. The molecule has 1 fully saturated rings. The Balaban J connectivity index is 1.53. The predicted octanol–water partition coefficient (Wildman–Crippen LogP) is -1.75. The van der Waals surface area contributed by atoms with Crippen LogP contribution >= 0.6 is 35.2 Å². The maximum Gasteiger partial charge on any atom is 0.481 e. The Morgan fingerprint density at radius 2 is 1.72 bits per heavy atom. The molecule has 2 aromatic heterocycles. The molecule has 3 heterocycles. The number of imidazole rings is 1. The molecule has 1 saturated heterocycles. The van der Waals surface area contributed by atoms with Crippen LogP contribution in [0, 0.1) is 5.41 Å². The minimum absolute atomic E-state index is 0.0231. The van der Waals surface area contributed by atoms with Crippen molar-refractivity contribution in [3.05, 3.63) is 12.7 Å². The number of amides is 2. The second-order valence-corrected chi connectivity index (χ2v) is 17.1. The van der Waals surface area contributed by atoms with Crippen LogP contribution in [0.3, 0.4) is 0 Å². The van der Waals surface area contributed by atoms with Gasteiger partial charge in [-0.25, -0.2) is 28.6 Å². The quantitative estimate of drug-likeness (QED) is 0.0406. The number of ether oxygens (including phenoxy) is 1. The molecule has 2 amide bonds. The maximum atomic E-state index is 12.6. The Morgan fingerprint density at radius 3 is 2.36 bits per heavy atom. The summed E-state index contributed by atoms with van der Waals surface area (Å²) in [5.74, 6) is -2.06. The minimum Gasteiger partial charge on any atom is -0.386 e. The number of thioether (sulfide) groups is 1. The van der Waals surface area contributed by atoms with Crippen molar-refractivity contribution in [2.75, 3.05) is 37.8 Å². The van der Waals surface area contributed by atoms with Crippen LogP contribution in [0.2, 0.25) is 0 Å². The number of carbonyl (C=O) groups excluding carboxylic acids is 4. The maximum absolute atomic E-state index is 12.6. The number of hydrogen-bond acceptors (Lipinski definition) is 19. The number of nitrogen functional groups attached to an aromatic ring is 1. The lowest BCUT2D eigenvalue weighted by atomic mass is 9.87. The number of aliphatic hydroxyl groups is 2. The van der Waals surface area contributed by atoms with Crippen LogP contribution in [0.25, 0.3) is 11.2 Å². The lowest BCUT2D eigenvalue weighted by Crippen LogP contribution is -2.46. The first kappa shape index (κ1) is 44.6. The zero-order valence-corrected chi connectivity index (χ0v) is 31.5. The SMILES string of the molecule is CC(=O)C(=O)SCCNC(=O)CCNC(=O)[C@H](O)C(C)(C)COP(=O)(O)OP(=O)(O)OC[C@H]1O[C@@H](n2cnc3c(N)ncnc32)[C@H](O)[C@@H]1OP(=O)(O)O. The summed E-state index contributed by atoms with van der Waals surface area (Å²) < 4.78 is 61.8. The van der Waals surface area contributed by atoms with Gasteiger partial charge in [0.2, 0.25) is 17.6 Å². The third-order valence-electron chi connectivity index (χ3n) is 7.02. The summed E-state index contributed by atoms with van der Waals surface area (Å²) in [5, 5.41) is 25.4. The second-order valence-electron chi connectivity index (χ2n) is 11.8. The number of nitrogens with zero attached hydrogens (tertiary/aromatic N) is 4. The average Bonchev–Trinajstić information content (AvgIpc) is 3.60. The molecule has 1 aliphatic heterocycles. The van der Waals surface area contributed by atoms with Crippen molar-refractivity contribution in [3.8, 4) is 0 Å². The molecule has 298 valence electrons. The van der Waals surface area contributed by atoms with E-state index in [0.29, 0.717) is 0 Å². The smallest absolute Gasteiger partial charge is 0.386 e. The third-order valence-corrected chi connectivity index (χ3v) is 11.1.